The van der Waals surface area contributed by atoms with Crippen LogP contribution < -0.4 is 4.90 Å². The summed E-state index contributed by atoms with van der Waals surface area (Å²) in [5.74, 6) is 0. The first kappa shape index (κ1) is 15.8. The van der Waals surface area contributed by atoms with E-state index >= 15 is 0 Å². The van der Waals surface area contributed by atoms with E-state index in [9.17, 15) is 0 Å². The van der Waals surface area contributed by atoms with E-state index < -0.39 is 0 Å². The molecule has 0 bridgehead atoms. The van der Waals surface area contributed by atoms with Crippen LogP contribution in [0.5, 0.6) is 0 Å². The fraction of sp³-hybridized carbons (Fsp3) is 0.667. The summed E-state index contributed by atoms with van der Waals surface area (Å²) in [4.78, 5) is 4.71. The predicted octanol–water partition coefficient (Wildman–Crippen LogP) is 2.05. The molecule has 1 spiro atoms. The lowest BCUT2D eigenvalue weighted by atomic mass is 9.87. The minimum absolute atomic E-state index is 0.0651. The van der Waals surface area contributed by atoms with E-state index in [0.29, 0.717) is 6.04 Å². The van der Waals surface area contributed by atoms with Crippen LogP contribution >= 0.6 is 0 Å². The van der Waals surface area contributed by atoms with E-state index in [-0.39, 0.29) is 12.2 Å². The maximum atomic E-state index is 9.06. The van der Waals surface area contributed by atoms with Gasteiger partial charge in [-0.05, 0) is 38.3 Å². The number of likely N-dealkylation sites (tertiary alicyclic amines) is 1. The molecule has 1 atom stereocenters. The highest BCUT2D eigenvalue weighted by Crippen LogP contribution is 2.38. The third kappa shape index (κ3) is 3.29. The van der Waals surface area contributed by atoms with Gasteiger partial charge in [0.15, 0.2) is 0 Å². The average molecular weight is 304 g/mol. The molecule has 2 saturated heterocycles. The van der Waals surface area contributed by atoms with E-state index in [4.69, 9.17) is 9.84 Å². The number of nitrogens with zero attached hydrogens (tertiary/aromatic N) is 2. The van der Waals surface area contributed by atoms with Crippen molar-refractivity contribution in [3.8, 4) is 0 Å². The number of aliphatic hydroxyl groups is 1. The molecule has 2 aliphatic heterocycles. The van der Waals surface area contributed by atoms with Crippen LogP contribution in [0.4, 0.5) is 5.69 Å². The standard InChI is InChI=1S/C18H28N2O2/c1-15-3-5-16(6-4-15)19(2)17-13-18(22-14-17)7-9-20(10-8-18)11-12-21/h3-6,17,21H,7-14H2,1-2H3/t17-/m1/s1. The quantitative estimate of drug-likeness (QED) is 0.923. The van der Waals surface area contributed by atoms with Crippen molar-refractivity contribution in [2.45, 2.75) is 37.8 Å². The molecule has 22 heavy (non-hydrogen) atoms. The Morgan fingerprint density at radius 3 is 2.59 bits per heavy atom. The van der Waals surface area contributed by atoms with Crippen LogP contribution in [0.25, 0.3) is 0 Å². The van der Waals surface area contributed by atoms with Gasteiger partial charge in [0.25, 0.3) is 0 Å². The minimum atomic E-state index is 0.0651. The summed E-state index contributed by atoms with van der Waals surface area (Å²) >= 11 is 0. The Hall–Kier alpha value is -1.10. The van der Waals surface area contributed by atoms with Crippen molar-refractivity contribution in [1.29, 1.82) is 0 Å². The van der Waals surface area contributed by atoms with Gasteiger partial charge in [0.05, 0.1) is 24.9 Å². The fourth-order valence-corrected chi connectivity index (χ4v) is 3.73. The predicted molar refractivity (Wildman–Crippen MR) is 89.4 cm³/mol. The lowest BCUT2D eigenvalue weighted by Crippen LogP contribution is -2.45. The topological polar surface area (TPSA) is 35.9 Å². The molecular weight excluding hydrogens is 276 g/mol. The maximum absolute atomic E-state index is 9.06. The van der Waals surface area contributed by atoms with Crippen molar-refractivity contribution >= 4 is 5.69 Å². The number of β-amino-alcohol motifs (C(OH)–C–C–N with tert-alkyl or cyclic N) is 1. The highest BCUT2D eigenvalue weighted by atomic mass is 16.5. The average Bonchev–Trinajstić information content (AvgIpc) is 2.94. The van der Waals surface area contributed by atoms with Crippen LogP contribution in [0.15, 0.2) is 24.3 Å². The lowest BCUT2D eigenvalue weighted by molar-refractivity contribution is -0.0451. The van der Waals surface area contributed by atoms with Gasteiger partial charge in [-0.25, -0.2) is 0 Å². The Balaban J connectivity index is 1.59. The summed E-state index contributed by atoms with van der Waals surface area (Å²) in [6.07, 6.45) is 3.29. The molecule has 1 aromatic rings. The first-order chi connectivity index (χ1) is 10.6. The number of ether oxygens (including phenoxy) is 1. The summed E-state index contributed by atoms with van der Waals surface area (Å²) in [5, 5.41) is 9.06. The number of hydrogen-bond acceptors (Lipinski definition) is 4. The molecule has 0 unspecified atom stereocenters. The Labute approximate surface area is 133 Å². The number of aryl methyl sites for hydroxylation is 1. The second-order valence-corrected chi connectivity index (χ2v) is 6.86. The van der Waals surface area contributed by atoms with Crippen molar-refractivity contribution in [1.82, 2.24) is 4.90 Å². The van der Waals surface area contributed by atoms with E-state index in [1.54, 1.807) is 0 Å². The second kappa shape index (κ2) is 6.57. The molecule has 1 N–H and O–H groups in total. The van der Waals surface area contributed by atoms with Crippen molar-refractivity contribution in [3.05, 3.63) is 29.8 Å². The van der Waals surface area contributed by atoms with Crippen LogP contribution in [-0.2, 0) is 4.74 Å². The zero-order valence-corrected chi connectivity index (χ0v) is 13.8. The fourth-order valence-electron chi connectivity index (χ4n) is 3.73. The number of rotatable bonds is 4. The molecule has 4 nitrogen and oxygen atoms in total. The van der Waals surface area contributed by atoms with Crippen LogP contribution in [0.3, 0.4) is 0 Å². The summed E-state index contributed by atoms with van der Waals surface area (Å²) < 4.78 is 6.26. The number of benzene rings is 1. The second-order valence-electron chi connectivity index (χ2n) is 6.86. The molecule has 0 radical (unpaired) electrons. The lowest BCUT2D eigenvalue weighted by Gasteiger charge is -2.38. The van der Waals surface area contributed by atoms with E-state index in [2.05, 4.69) is 48.0 Å². The zero-order chi connectivity index (χ0) is 15.6. The molecule has 2 fully saturated rings. The highest BCUT2D eigenvalue weighted by Gasteiger charge is 2.43. The van der Waals surface area contributed by atoms with Gasteiger partial charge in [-0.15, -0.1) is 0 Å². The first-order valence-electron chi connectivity index (χ1n) is 8.39. The van der Waals surface area contributed by atoms with Gasteiger partial charge in [0.1, 0.15) is 0 Å². The normalized spacial score (nSPS) is 24.8. The van der Waals surface area contributed by atoms with E-state index in [1.165, 1.54) is 11.3 Å². The molecule has 2 aliphatic rings. The van der Waals surface area contributed by atoms with Crippen molar-refractivity contribution in [3.63, 3.8) is 0 Å². The Bertz CT molecular complexity index is 480. The SMILES string of the molecule is Cc1ccc(N(C)[C@H]2COC3(CCN(CCO)CC3)C2)cc1. The highest BCUT2D eigenvalue weighted by molar-refractivity contribution is 5.48. The molecule has 0 aliphatic carbocycles. The molecule has 0 aromatic heterocycles. The summed E-state index contributed by atoms with van der Waals surface area (Å²) in [5.41, 5.74) is 2.64. The molecule has 2 heterocycles. The summed E-state index contributed by atoms with van der Waals surface area (Å²) in [6.45, 7) is 6.08. The largest absolute Gasteiger partial charge is 0.395 e. The van der Waals surface area contributed by atoms with Crippen LogP contribution in [-0.4, -0.2) is 61.5 Å². The van der Waals surface area contributed by atoms with Gasteiger partial charge in [-0.2, -0.15) is 0 Å². The molecule has 3 rings (SSSR count). The van der Waals surface area contributed by atoms with Crippen LogP contribution in [0.2, 0.25) is 0 Å². The van der Waals surface area contributed by atoms with Gasteiger partial charge < -0.3 is 19.6 Å². The van der Waals surface area contributed by atoms with Crippen LogP contribution in [0, 0.1) is 6.92 Å². The Morgan fingerprint density at radius 2 is 1.95 bits per heavy atom. The molecule has 0 saturated carbocycles. The monoisotopic (exact) mass is 304 g/mol. The number of hydrogen-bond donors (Lipinski definition) is 1. The van der Waals surface area contributed by atoms with Gasteiger partial charge in [0.2, 0.25) is 0 Å². The molecule has 122 valence electrons. The van der Waals surface area contributed by atoms with Gasteiger partial charge in [-0.1, -0.05) is 17.7 Å². The number of anilines is 1. The van der Waals surface area contributed by atoms with Gasteiger partial charge >= 0.3 is 0 Å². The summed E-state index contributed by atoms with van der Waals surface area (Å²) in [6, 6.07) is 9.20. The number of aliphatic hydroxyl groups excluding tert-OH is 1. The number of piperidine rings is 1. The zero-order valence-electron chi connectivity index (χ0n) is 13.8. The molecule has 0 amide bonds. The smallest absolute Gasteiger partial charge is 0.0728 e. The minimum Gasteiger partial charge on any atom is -0.395 e. The molecule has 1 aromatic carbocycles. The van der Waals surface area contributed by atoms with Crippen molar-refractivity contribution in [2.75, 3.05) is 44.8 Å². The third-order valence-electron chi connectivity index (χ3n) is 5.36. The molecule has 4 heteroatoms. The van der Waals surface area contributed by atoms with Crippen molar-refractivity contribution < 1.29 is 9.84 Å². The number of likely N-dealkylation sites (N-methyl/N-ethyl adjacent to an activating group) is 1. The van der Waals surface area contributed by atoms with E-state index in [1.807, 2.05) is 0 Å². The van der Waals surface area contributed by atoms with Gasteiger partial charge in [0, 0.05) is 32.4 Å². The Morgan fingerprint density at radius 1 is 1.27 bits per heavy atom. The van der Waals surface area contributed by atoms with E-state index in [0.717, 1.165) is 45.5 Å². The summed E-state index contributed by atoms with van der Waals surface area (Å²) in [7, 11) is 2.18. The van der Waals surface area contributed by atoms with Gasteiger partial charge in [-0.3, -0.25) is 0 Å². The maximum Gasteiger partial charge on any atom is 0.0728 e. The van der Waals surface area contributed by atoms with Crippen molar-refractivity contribution in [2.24, 2.45) is 0 Å². The first-order valence-corrected chi connectivity index (χ1v) is 8.39. The Kier molecular flexibility index (Phi) is 4.71. The third-order valence-corrected chi connectivity index (χ3v) is 5.36. The van der Waals surface area contributed by atoms with Crippen LogP contribution in [0.1, 0.15) is 24.8 Å². The molecular formula is C18H28N2O2.